The number of nitrogens with one attached hydrogen (secondary N) is 1. The number of benzene rings is 1. The first-order chi connectivity index (χ1) is 14.6. The Hall–Kier alpha value is -1.87. The van der Waals surface area contributed by atoms with E-state index >= 15 is 0 Å². The lowest BCUT2D eigenvalue weighted by atomic mass is 9.46. The second-order valence-corrected chi connectivity index (χ2v) is 10.8. The van der Waals surface area contributed by atoms with Crippen LogP contribution in [0.15, 0.2) is 48.1 Å². The maximum atomic E-state index is 12.5. The summed E-state index contributed by atoms with van der Waals surface area (Å²) in [4.78, 5) is 12.5. The molecule has 0 aromatic heterocycles. The fourth-order valence-electron chi connectivity index (χ4n) is 6.37. The number of aliphatic hydroxyl groups excluding tert-OH is 1. The van der Waals surface area contributed by atoms with Gasteiger partial charge in [-0.05, 0) is 92.2 Å². The van der Waals surface area contributed by atoms with Crippen LogP contribution in [0.1, 0.15) is 78.7 Å². The van der Waals surface area contributed by atoms with Crippen LogP contribution in [0.3, 0.4) is 0 Å². The number of aryl methyl sites for hydroxylation is 1. The minimum atomic E-state index is -0.214. The summed E-state index contributed by atoms with van der Waals surface area (Å²) in [5.74, 6) is 0.902. The molecule has 3 heteroatoms. The molecule has 1 aromatic carbocycles. The molecule has 4 atom stereocenters. The Labute approximate surface area is 189 Å². The molecule has 0 spiro atoms. The van der Waals surface area contributed by atoms with Gasteiger partial charge in [0.1, 0.15) is 0 Å². The molecule has 0 aliphatic heterocycles. The van der Waals surface area contributed by atoms with Crippen LogP contribution >= 0.6 is 0 Å². The van der Waals surface area contributed by atoms with Crippen molar-refractivity contribution in [2.45, 2.75) is 85.7 Å². The molecule has 1 amide bonds. The maximum absolute atomic E-state index is 12.5. The number of carbonyl (C=O) groups excluding carboxylic acids is 1. The molecule has 0 radical (unpaired) electrons. The quantitative estimate of drug-likeness (QED) is 0.396. The SMILES string of the molecule is C=C1CC[C@@H]2C(C)(C)[C@H](O)CC[C@@]2(C)[C@@H]1CCC(C)=CC(=O)Nc1ccc(CC)cc1. The van der Waals surface area contributed by atoms with Crippen molar-refractivity contribution in [2.75, 3.05) is 5.32 Å². The van der Waals surface area contributed by atoms with Gasteiger partial charge in [0.2, 0.25) is 5.91 Å². The van der Waals surface area contributed by atoms with Gasteiger partial charge in [-0.1, -0.05) is 57.6 Å². The van der Waals surface area contributed by atoms with Gasteiger partial charge >= 0.3 is 0 Å². The number of hydrogen-bond donors (Lipinski definition) is 2. The van der Waals surface area contributed by atoms with Crippen molar-refractivity contribution in [3.63, 3.8) is 0 Å². The minimum Gasteiger partial charge on any atom is -0.393 e. The second kappa shape index (κ2) is 9.32. The first-order valence-electron chi connectivity index (χ1n) is 12.0. The standard InChI is InChI=1S/C28H41NO2/c1-7-21-10-12-22(13-11-21)29-26(31)18-19(2)8-14-23-20(3)9-15-24-27(4,5)25(30)16-17-28(23,24)6/h10-13,18,23-25,30H,3,7-9,14-17H2,1-2,4-6H3,(H,29,31)/t23-,24-,25-,28+/m1/s1. The molecule has 170 valence electrons. The minimum absolute atomic E-state index is 0.0515. The average Bonchev–Trinajstić information content (AvgIpc) is 2.71. The third kappa shape index (κ3) is 4.98. The van der Waals surface area contributed by atoms with Gasteiger partial charge in [0.25, 0.3) is 0 Å². The summed E-state index contributed by atoms with van der Waals surface area (Å²) in [6.45, 7) is 15.5. The number of carbonyl (C=O) groups is 1. The van der Waals surface area contributed by atoms with E-state index in [1.165, 1.54) is 11.1 Å². The third-order valence-corrected chi connectivity index (χ3v) is 8.39. The van der Waals surface area contributed by atoms with E-state index < -0.39 is 0 Å². The van der Waals surface area contributed by atoms with E-state index in [1.807, 2.05) is 12.1 Å². The van der Waals surface area contributed by atoms with Crippen LogP contribution in [0.5, 0.6) is 0 Å². The van der Waals surface area contributed by atoms with Crippen molar-refractivity contribution in [1.82, 2.24) is 0 Å². The molecule has 0 unspecified atom stereocenters. The largest absolute Gasteiger partial charge is 0.393 e. The number of fused-ring (bicyclic) bond motifs is 1. The zero-order chi connectivity index (χ0) is 22.8. The van der Waals surface area contributed by atoms with E-state index in [9.17, 15) is 9.90 Å². The van der Waals surface area contributed by atoms with Gasteiger partial charge in [0.05, 0.1) is 6.10 Å². The Kier molecular flexibility index (Phi) is 7.15. The molecule has 2 aliphatic rings. The van der Waals surface area contributed by atoms with Crippen molar-refractivity contribution in [3.8, 4) is 0 Å². The van der Waals surface area contributed by atoms with E-state index in [4.69, 9.17) is 0 Å². The summed E-state index contributed by atoms with van der Waals surface area (Å²) >= 11 is 0. The second-order valence-electron chi connectivity index (χ2n) is 10.8. The van der Waals surface area contributed by atoms with Gasteiger partial charge in [0.15, 0.2) is 0 Å². The van der Waals surface area contributed by atoms with Gasteiger partial charge in [-0.2, -0.15) is 0 Å². The highest BCUT2D eigenvalue weighted by Gasteiger charge is 2.55. The zero-order valence-electron chi connectivity index (χ0n) is 20.1. The van der Waals surface area contributed by atoms with Crippen LogP contribution in [0.2, 0.25) is 0 Å². The number of hydrogen-bond acceptors (Lipinski definition) is 2. The highest BCUT2D eigenvalue weighted by Crippen LogP contribution is 2.61. The molecule has 0 saturated heterocycles. The molecule has 0 bridgehead atoms. The van der Waals surface area contributed by atoms with Crippen LogP contribution in [0.25, 0.3) is 0 Å². The first kappa shape index (κ1) is 23.8. The lowest BCUT2D eigenvalue weighted by Crippen LogP contribution is -2.54. The molecule has 31 heavy (non-hydrogen) atoms. The number of aliphatic hydroxyl groups is 1. The predicted molar refractivity (Wildman–Crippen MR) is 130 cm³/mol. The maximum Gasteiger partial charge on any atom is 0.248 e. The molecule has 3 nitrogen and oxygen atoms in total. The van der Waals surface area contributed by atoms with Crippen molar-refractivity contribution in [3.05, 3.63) is 53.6 Å². The fourth-order valence-corrected chi connectivity index (χ4v) is 6.37. The van der Waals surface area contributed by atoms with Crippen LogP contribution in [0.4, 0.5) is 5.69 Å². The zero-order valence-corrected chi connectivity index (χ0v) is 20.1. The highest BCUT2D eigenvalue weighted by molar-refractivity contribution is 5.99. The molecule has 2 N–H and O–H groups in total. The normalized spacial score (nSPS) is 30.6. The summed E-state index contributed by atoms with van der Waals surface area (Å²) < 4.78 is 0. The predicted octanol–water partition coefficient (Wildman–Crippen LogP) is 6.68. The van der Waals surface area contributed by atoms with Crippen molar-refractivity contribution >= 4 is 11.6 Å². The van der Waals surface area contributed by atoms with E-state index in [0.29, 0.717) is 11.8 Å². The molecule has 2 fully saturated rings. The van der Waals surface area contributed by atoms with Crippen LogP contribution in [-0.2, 0) is 11.2 Å². The van der Waals surface area contributed by atoms with Crippen LogP contribution < -0.4 is 5.32 Å². The van der Waals surface area contributed by atoms with E-state index in [1.54, 1.807) is 6.08 Å². The Morgan fingerprint density at radius 2 is 1.90 bits per heavy atom. The van der Waals surface area contributed by atoms with Gasteiger partial charge < -0.3 is 10.4 Å². The molecular formula is C28H41NO2. The summed E-state index contributed by atoms with van der Waals surface area (Å²) in [5.41, 5.74) is 4.70. The Balaban J connectivity index is 1.64. The topological polar surface area (TPSA) is 49.3 Å². The summed E-state index contributed by atoms with van der Waals surface area (Å²) in [5, 5.41) is 13.6. The Bertz CT molecular complexity index is 835. The summed E-state index contributed by atoms with van der Waals surface area (Å²) in [6, 6.07) is 8.04. The summed E-state index contributed by atoms with van der Waals surface area (Å²) in [7, 11) is 0. The molecule has 2 saturated carbocycles. The van der Waals surface area contributed by atoms with Crippen LogP contribution in [0, 0.1) is 22.7 Å². The van der Waals surface area contributed by atoms with Gasteiger partial charge in [-0.3, -0.25) is 4.79 Å². The van der Waals surface area contributed by atoms with E-state index in [2.05, 4.69) is 58.6 Å². The molecule has 0 heterocycles. The molecular weight excluding hydrogens is 382 g/mol. The van der Waals surface area contributed by atoms with E-state index in [-0.39, 0.29) is 22.8 Å². The Morgan fingerprint density at radius 1 is 1.23 bits per heavy atom. The number of allylic oxidation sites excluding steroid dienone is 2. The fraction of sp³-hybridized carbons (Fsp3) is 0.607. The van der Waals surface area contributed by atoms with Gasteiger partial charge in [-0.25, -0.2) is 0 Å². The number of anilines is 1. The first-order valence-corrected chi connectivity index (χ1v) is 12.0. The highest BCUT2D eigenvalue weighted by atomic mass is 16.3. The van der Waals surface area contributed by atoms with Crippen molar-refractivity contribution in [2.24, 2.45) is 22.7 Å². The molecule has 3 rings (SSSR count). The van der Waals surface area contributed by atoms with E-state index in [0.717, 1.165) is 56.2 Å². The average molecular weight is 424 g/mol. The lowest BCUT2D eigenvalue weighted by molar-refractivity contribution is -0.124. The Morgan fingerprint density at radius 3 is 2.55 bits per heavy atom. The monoisotopic (exact) mass is 423 g/mol. The smallest absolute Gasteiger partial charge is 0.248 e. The van der Waals surface area contributed by atoms with Gasteiger partial charge in [-0.15, -0.1) is 0 Å². The van der Waals surface area contributed by atoms with Crippen LogP contribution in [-0.4, -0.2) is 17.1 Å². The van der Waals surface area contributed by atoms with Gasteiger partial charge in [0, 0.05) is 11.8 Å². The van der Waals surface area contributed by atoms with Crippen molar-refractivity contribution < 1.29 is 9.90 Å². The third-order valence-electron chi connectivity index (χ3n) is 8.39. The number of rotatable bonds is 6. The molecule has 1 aromatic rings. The van der Waals surface area contributed by atoms with Crippen molar-refractivity contribution in [1.29, 1.82) is 0 Å². The number of amides is 1. The lowest BCUT2D eigenvalue weighted by Gasteiger charge is -2.59. The molecule has 2 aliphatic carbocycles. The summed E-state index contributed by atoms with van der Waals surface area (Å²) in [6.07, 6.45) is 8.57.